The molecule has 4 heterocycles. The molecule has 2 aromatic carbocycles. The van der Waals surface area contributed by atoms with Gasteiger partial charge in [0.05, 0.1) is 62.4 Å². The number of rotatable bonds is 19. The van der Waals surface area contributed by atoms with Gasteiger partial charge in [0.25, 0.3) is 0 Å². The fraction of sp³-hybridized carbons (Fsp3) is 0.364. The molecule has 0 fully saturated rings. The van der Waals surface area contributed by atoms with E-state index in [9.17, 15) is 9.59 Å². The van der Waals surface area contributed by atoms with Crippen LogP contribution >= 0.6 is 23.5 Å². The van der Waals surface area contributed by atoms with E-state index in [-0.39, 0.29) is 37.0 Å². The van der Waals surface area contributed by atoms with Crippen LogP contribution in [0.3, 0.4) is 0 Å². The molecule has 2 aromatic heterocycles. The summed E-state index contributed by atoms with van der Waals surface area (Å²) < 4.78 is 37.2. The Bertz CT molecular complexity index is 1850. The lowest BCUT2D eigenvalue weighted by Crippen LogP contribution is -2.34. The number of benzene rings is 2. The molecule has 0 atom stereocenters. The van der Waals surface area contributed by atoms with Crippen LogP contribution in [0.5, 0.6) is 11.5 Å². The number of pyridine rings is 2. The normalized spacial score (nSPS) is 13.6. The number of aromatic nitrogens is 2. The highest BCUT2D eigenvalue weighted by atomic mass is 32.2. The Morgan fingerprint density at radius 2 is 0.983 bits per heavy atom. The van der Waals surface area contributed by atoms with Gasteiger partial charge in [-0.1, -0.05) is 36.4 Å². The van der Waals surface area contributed by atoms with Crippen LogP contribution in [0.25, 0.3) is 24.3 Å². The maximum Gasteiger partial charge on any atom is 0.367 e. The Balaban J connectivity index is 0.728. The number of nitrogens with zero attached hydrogens (tertiary/aromatic N) is 4. The van der Waals surface area contributed by atoms with Crippen LogP contribution in [0.1, 0.15) is 22.3 Å². The van der Waals surface area contributed by atoms with E-state index in [0.29, 0.717) is 51.0 Å². The Morgan fingerprint density at radius 1 is 0.586 bits per heavy atom. The molecule has 2 aliphatic heterocycles. The lowest BCUT2D eigenvalue weighted by atomic mass is 10.1. The maximum atomic E-state index is 12.1. The predicted molar refractivity (Wildman–Crippen MR) is 231 cm³/mol. The fourth-order valence-electron chi connectivity index (χ4n) is 6.04. The predicted octanol–water partition coefficient (Wildman–Crippen LogP) is 6.73. The number of carbonyl (C=O) groups is 2. The molecule has 0 spiro atoms. The van der Waals surface area contributed by atoms with Crippen molar-refractivity contribution in [1.29, 1.82) is 0 Å². The third-order valence-electron chi connectivity index (χ3n) is 9.34. The van der Waals surface area contributed by atoms with E-state index in [1.54, 1.807) is 0 Å². The molecule has 58 heavy (non-hydrogen) atoms. The molecule has 0 aliphatic carbocycles. The third-order valence-corrected chi connectivity index (χ3v) is 10.8. The fourth-order valence-corrected chi connectivity index (χ4v) is 7.31. The summed E-state index contributed by atoms with van der Waals surface area (Å²) in [5.74, 6) is 3.02. The minimum Gasteiger partial charge on any atom is -0.490 e. The monoisotopic (exact) mass is 828 g/mol. The molecule has 306 valence electrons. The average Bonchev–Trinajstić information content (AvgIpc) is 3.24. The van der Waals surface area contributed by atoms with E-state index in [1.807, 2.05) is 58.2 Å². The molecule has 12 nitrogen and oxygen atoms in total. The zero-order valence-electron chi connectivity index (χ0n) is 33.2. The van der Waals surface area contributed by atoms with Crippen molar-refractivity contribution in [3.63, 3.8) is 0 Å². The Hall–Kier alpha value is -5.02. The first kappa shape index (κ1) is 42.6. The zero-order chi connectivity index (χ0) is 40.4. The van der Waals surface area contributed by atoms with Gasteiger partial charge >= 0.3 is 10.6 Å². The highest BCUT2D eigenvalue weighted by Gasteiger charge is 2.16. The first-order valence-electron chi connectivity index (χ1n) is 19.4. The smallest absolute Gasteiger partial charge is 0.367 e. The summed E-state index contributed by atoms with van der Waals surface area (Å²) in [6, 6.07) is 20.7. The molecule has 4 aromatic rings. The number of likely N-dealkylation sites (N-methyl/N-ethyl adjacent to an activating group) is 2. The highest BCUT2D eigenvalue weighted by molar-refractivity contribution is 8.13. The molecule has 0 radical (unpaired) electrons. The largest absolute Gasteiger partial charge is 0.490 e. The molecule has 6 rings (SSSR count). The second-order valence-corrected chi connectivity index (χ2v) is 15.6. The van der Waals surface area contributed by atoms with Gasteiger partial charge in [-0.05, 0) is 70.0 Å². The van der Waals surface area contributed by atoms with Gasteiger partial charge in [-0.15, -0.1) is 0 Å². The van der Waals surface area contributed by atoms with Crippen molar-refractivity contribution >= 4 is 69.8 Å². The van der Waals surface area contributed by atoms with Crippen molar-refractivity contribution in [1.82, 2.24) is 0 Å². The highest BCUT2D eigenvalue weighted by Crippen LogP contribution is 2.33. The number of aryl methyl sites for hydroxylation is 2. The van der Waals surface area contributed by atoms with Gasteiger partial charge in [0, 0.05) is 38.4 Å². The van der Waals surface area contributed by atoms with Crippen molar-refractivity contribution in [2.75, 3.05) is 101 Å². The lowest BCUT2D eigenvalue weighted by molar-refractivity contribution is -0.692. The summed E-state index contributed by atoms with van der Waals surface area (Å²) in [6.45, 7) is 6.15. The molecule has 14 heteroatoms. The van der Waals surface area contributed by atoms with Crippen molar-refractivity contribution in [3.8, 4) is 11.5 Å². The summed E-state index contributed by atoms with van der Waals surface area (Å²) >= 11 is 2.28. The maximum absolute atomic E-state index is 12.1. The minimum atomic E-state index is -0.328. The summed E-state index contributed by atoms with van der Waals surface area (Å²) in [5.41, 5.74) is 6.58. The Kier molecular flexibility index (Phi) is 16.7. The molecular weight excluding hydrogens is 777 g/mol. The summed E-state index contributed by atoms with van der Waals surface area (Å²) in [6.07, 6.45) is 16.3. The SMILES string of the molecule is CN1CCOc2cc(/C=C/c3cc[n+](CCSC(=O)OCCOCCOCCOC(=O)SCC[n+]4ccc(/C=C/c5ccc6c(c5)OCCN6C)cc4)cc3)ccc21. The average molecular weight is 829 g/mol. The van der Waals surface area contributed by atoms with Crippen LogP contribution in [-0.2, 0) is 32.0 Å². The molecule has 0 saturated heterocycles. The van der Waals surface area contributed by atoms with Crippen molar-refractivity contribution in [2.24, 2.45) is 0 Å². The van der Waals surface area contributed by atoms with Gasteiger partial charge in [0.15, 0.2) is 37.9 Å². The topological polar surface area (TPSA) is 104 Å². The van der Waals surface area contributed by atoms with Gasteiger partial charge in [0.2, 0.25) is 0 Å². The van der Waals surface area contributed by atoms with Gasteiger partial charge in [0.1, 0.15) is 37.9 Å². The van der Waals surface area contributed by atoms with E-state index >= 15 is 0 Å². The number of carbonyl (C=O) groups excluding carboxylic acids is 2. The van der Waals surface area contributed by atoms with Crippen LogP contribution in [0, 0.1) is 0 Å². The molecule has 0 saturated carbocycles. The number of fused-ring (bicyclic) bond motifs is 2. The minimum absolute atomic E-state index is 0.172. The standard InChI is InChI=1S/C44H52N4O8S2/c1-45-19-23-53-41-33-37(7-9-39(41)45)5-3-35-11-15-47(16-12-35)21-31-57-43(49)55-29-27-51-25-26-52-28-30-56-44(50)58-32-22-48-17-13-36(14-18-48)4-6-38-8-10-40-42(34-38)54-24-20-46(40)2/h3-18,33-34H,19-32H2,1-2H3/q+2. The first-order chi connectivity index (χ1) is 28.4. The molecule has 0 N–H and O–H groups in total. The summed E-state index contributed by atoms with van der Waals surface area (Å²) in [5, 5.41) is -0.656. The van der Waals surface area contributed by atoms with Gasteiger partial charge in [-0.2, -0.15) is 0 Å². The lowest BCUT2D eigenvalue weighted by Gasteiger charge is -2.27. The third kappa shape index (κ3) is 13.8. The number of ether oxygens (including phenoxy) is 6. The molecule has 0 unspecified atom stereocenters. The Morgan fingerprint density at radius 3 is 1.41 bits per heavy atom. The first-order valence-corrected chi connectivity index (χ1v) is 21.4. The van der Waals surface area contributed by atoms with Crippen molar-refractivity contribution in [3.05, 3.63) is 108 Å². The van der Waals surface area contributed by atoms with Crippen molar-refractivity contribution in [2.45, 2.75) is 13.1 Å². The van der Waals surface area contributed by atoms with E-state index < -0.39 is 0 Å². The van der Waals surface area contributed by atoms with E-state index in [4.69, 9.17) is 28.4 Å². The number of hydrogen-bond acceptors (Lipinski definition) is 12. The van der Waals surface area contributed by atoms with Crippen LogP contribution in [0.15, 0.2) is 85.5 Å². The number of hydrogen-bond donors (Lipinski definition) is 0. The summed E-state index contributed by atoms with van der Waals surface area (Å²) in [4.78, 5) is 28.6. The molecule has 0 amide bonds. The van der Waals surface area contributed by atoms with Gasteiger partial charge < -0.3 is 38.2 Å². The van der Waals surface area contributed by atoms with Crippen LogP contribution in [0.2, 0.25) is 0 Å². The van der Waals surface area contributed by atoms with Gasteiger partial charge in [-0.25, -0.2) is 18.7 Å². The number of anilines is 2. The van der Waals surface area contributed by atoms with Crippen molar-refractivity contribution < 1.29 is 47.1 Å². The van der Waals surface area contributed by atoms with Crippen LogP contribution < -0.4 is 28.4 Å². The van der Waals surface area contributed by atoms with E-state index in [0.717, 1.165) is 81.7 Å². The van der Waals surface area contributed by atoms with E-state index in [2.05, 4.69) is 84.6 Å². The zero-order valence-corrected chi connectivity index (χ0v) is 34.8. The second-order valence-electron chi connectivity index (χ2n) is 13.5. The van der Waals surface area contributed by atoms with Crippen LogP contribution in [-0.4, -0.2) is 102 Å². The second kappa shape index (κ2) is 22.8. The van der Waals surface area contributed by atoms with E-state index in [1.165, 1.54) is 0 Å². The summed E-state index contributed by atoms with van der Waals surface area (Å²) in [7, 11) is 4.15. The van der Waals surface area contributed by atoms with Gasteiger partial charge in [-0.3, -0.25) is 0 Å². The molecular formula is C44H52N4O8S2+2. The van der Waals surface area contributed by atoms with Crippen LogP contribution in [0.4, 0.5) is 21.0 Å². The molecule has 0 bridgehead atoms. The number of thioether (sulfide) groups is 2. The Labute approximate surface area is 349 Å². The quantitative estimate of drug-likeness (QED) is 0.0569. The molecule has 2 aliphatic rings.